The molecule has 0 N–H and O–H groups in total. The first-order valence-electron chi connectivity index (χ1n) is 15.8. The Balaban J connectivity index is 0.943. The van der Waals surface area contributed by atoms with Crippen LogP contribution < -0.4 is 18.9 Å². The van der Waals surface area contributed by atoms with Gasteiger partial charge in [0.05, 0.1) is 43.4 Å². The predicted octanol–water partition coefficient (Wildman–Crippen LogP) is 9.48. The van der Waals surface area contributed by atoms with Gasteiger partial charge in [-0.1, -0.05) is 35.5 Å². The standard InChI is InChI=1S/C38H40N2O5S/c1-25-20-29(23-34(42-4)26(25)2)32-24-35(45-40-32)27-16-17-33(41-3)36(22-27)44-19-10-6-5-9-18-43-30-13-11-12-28(21-30)38-39-31-14-7-8-15-37(31)46-38/h7-8,11-17,20-23,35H,5-6,9-10,18-19,24H2,1-4H3. The Hall–Kier alpha value is -4.56. The van der Waals surface area contributed by atoms with Crippen LogP contribution in [0.5, 0.6) is 23.0 Å². The van der Waals surface area contributed by atoms with Gasteiger partial charge in [0.15, 0.2) is 17.6 Å². The van der Waals surface area contributed by atoms with E-state index in [-0.39, 0.29) is 6.10 Å². The fourth-order valence-electron chi connectivity index (χ4n) is 5.58. The van der Waals surface area contributed by atoms with Crippen molar-refractivity contribution in [1.29, 1.82) is 0 Å². The van der Waals surface area contributed by atoms with E-state index in [1.54, 1.807) is 25.6 Å². The number of aryl methyl sites for hydroxylation is 1. The zero-order valence-electron chi connectivity index (χ0n) is 26.9. The minimum Gasteiger partial charge on any atom is -0.496 e. The summed E-state index contributed by atoms with van der Waals surface area (Å²) in [4.78, 5) is 10.6. The normalized spacial score (nSPS) is 14.2. The molecule has 0 fully saturated rings. The van der Waals surface area contributed by atoms with Gasteiger partial charge < -0.3 is 23.8 Å². The molecule has 1 atom stereocenters. The fourth-order valence-corrected chi connectivity index (χ4v) is 6.55. The summed E-state index contributed by atoms with van der Waals surface area (Å²) in [7, 11) is 3.36. The number of hydrogen-bond donors (Lipinski definition) is 0. The minimum absolute atomic E-state index is 0.183. The number of fused-ring (bicyclic) bond motifs is 1. The minimum atomic E-state index is -0.183. The lowest BCUT2D eigenvalue weighted by molar-refractivity contribution is 0.0854. The quantitative estimate of drug-likeness (QED) is 0.113. The summed E-state index contributed by atoms with van der Waals surface area (Å²) in [5.41, 5.74) is 7.37. The van der Waals surface area contributed by atoms with Gasteiger partial charge in [0.25, 0.3) is 0 Å². The van der Waals surface area contributed by atoms with Gasteiger partial charge in [-0.15, -0.1) is 11.3 Å². The first-order chi connectivity index (χ1) is 22.5. The molecule has 0 bridgehead atoms. The average molecular weight is 637 g/mol. The van der Waals surface area contributed by atoms with E-state index in [2.05, 4.69) is 49.3 Å². The van der Waals surface area contributed by atoms with E-state index in [0.29, 0.717) is 25.4 Å². The number of nitrogens with zero attached hydrogens (tertiary/aromatic N) is 2. The second-order valence-corrected chi connectivity index (χ2v) is 12.5. The number of para-hydroxylation sites is 1. The third kappa shape index (κ3) is 7.29. The molecule has 0 amide bonds. The molecule has 6 rings (SSSR count). The predicted molar refractivity (Wildman–Crippen MR) is 185 cm³/mol. The number of benzene rings is 4. The molecule has 5 aromatic rings. The lowest BCUT2D eigenvalue weighted by atomic mass is 9.97. The number of hydrogen-bond acceptors (Lipinski definition) is 8. The molecule has 0 saturated heterocycles. The molecular weight excluding hydrogens is 596 g/mol. The van der Waals surface area contributed by atoms with E-state index in [9.17, 15) is 0 Å². The maximum atomic E-state index is 6.18. The highest BCUT2D eigenvalue weighted by molar-refractivity contribution is 7.21. The van der Waals surface area contributed by atoms with E-state index in [4.69, 9.17) is 28.8 Å². The second-order valence-electron chi connectivity index (χ2n) is 11.5. The molecule has 8 heteroatoms. The molecule has 7 nitrogen and oxygen atoms in total. The summed E-state index contributed by atoms with van der Waals surface area (Å²) in [5.74, 6) is 3.18. The van der Waals surface area contributed by atoms with Crippen molar-refractivity contribution in [3.8, 4) is 33.6 Å². The maximum absolute atomic E-state index is 6.18. The Morgan fingerprint density at radius 2 is 1.57 bits per heavy atom. The third-order valence-electron chi connectivity index (χ3n) is 8.34. The van der Waals surface area contributed by atoms with E-state index >= 15 is 0 Å². The highest BCUT2D eigenvalue weighted by Gasteiger charge is 2.26. The van der Waals surface area contributed by atoms with Crippen LogP contribution in [0.1, 0.15) is 60.5 Å². The molecule has 1 aliphatic rings. The SMILES string of the molecule is COc1ccc(C2CC(c3cc(C)c(C)c(OC)c3)=NO2)cc1OCCCCCCOc1cccc(-c2nc3ccccc3s2)c1. The van der Waals surface area contributed by atoms with E-state index < -0.39 is 0 Å². The summed E-state index contributed by atoms with van der Waals surface area (Å²) in [5, 5.41) is 5.43. The van der Waals surface area contributed by atoms with Crippen molar-refractivity contribution in [2.45, 2.75) is 52.1 Å². The van der Waals surface area contributed by atoms with Gasteiger partial charge >= 0.3 is 0 Å². The molecular formula is C38H40N2O5S. The fraction of sp³-hybridized carbons (Fsp3) is 0.316. The Labute approximate surface area is 274 Å². The molecule has 0 radical (unpaired) electrons. The molecule has 238 valence electrons. The Morgan fingerprint density at radius 3 is 2.37 bits per heavy atom. The zero-order chi connectivity index (χ0) is 31.9. The molecule has 2 heterocycles. The van der Waals surface area contributed by atoms with E-state index in [1.165, 1.54) is 10.3 Å². The van der Waals surface area contributed by atoms with Gasteiger partial charge in [-0.05, 0) is 105 Å². The first-order valence-corrected chi connectivity index (χ1v) is 16.6. The van der Waals surface area contributed by atoms with Crippen LogP contribution in [-0.4, -0.2) is 38.1 Å². The van der Waals surface area contributed by atoms with Crippen LogP contribution >= 0.6 is 11.3 Å². The summed E-state index contributed by atoms with van der Waals surface area (Å²) in [6, 6.07) is 26.6. The van der Waals surface area contributed by atoms with Crippen molar-refractivity contribution < 1.29 is 23.8 Å². The summed E-state index contributed by atoms with van der Waals surface area (Å²) >= 11 is 1.71. The van der Waals surface area contributed by atoms with Crippen molar-refractivity contribution >= 4 is 27.3 Å². The second kappa shape index (κ2) is 14.7. The van der Waals surface area contributed by atoms with Gasteiger partial charge in [0.2, 0.25) is 0 Å². The molecule has 46 heavy (non-hydrogen) atoms. The number of ether oxygens (including phenoxy) is 4. The van der Waals surface area contributed by atoms with Crippen molar-refractivity contribution in [3.63, 3.8) is 0 Å². The van der Waals surface area contributed by atoms with Gasteiger partial charge in [0, 0.05) is 17.5 Å². The monoisotopic (exact) mass is 636 g/mol. The lowest BCUT2D eigenvalue weighted by Crippen LogP contribution is -2.05. The van der Waals surface area contributed by atoms with Crippen LogP contribution in [0.3, 0.4) is 0 Å². The number of oxime groups is 1. The van der Waals surface area contributed by atoms with Crippen LogP contribution in [0.25, 0.3) is 20.8 Å². The van der Waals surface area contributed by atoms with Crippen LogP contribution in [-0.2, 0) is 4.84 Å². The van der Waals surface area contributed by atoms with Crippen LogP contribution in [0, 0.1) is 13.8 Å². The topological polar surface area (TPSA) is 71.4 Å². The molecule has 1 unspecified atom stereocenters. The van der Waals surface area contributed by atoms with Crippen molar-refractivity contribution in [2.24, 2.45) is 5.16 Å². The van der Waals surface area contributed by atoms with Gasteiger partial charge in [-0.2, -0.15) is 0 Å². The first kappa shape index (κ1) is 31.4. The molecule has 1 aliphatic heterocycles. The number of unbranched alkanes of at least 4 members (excludes halogenated alkanes) is 3. The van der Waals surface area contributed by atoms with Gasteiger partial charge in [-0.3, -0.25) is 0 Å². The third-order valence-corrected chi connectivity index (χ3v) is 9.43. The number of aromatic nitrogens is 1. The Kier molecular flexibility index (Phi) is 10.0. The summed E-state index contributed by atoms with van der Waals surface area (Å²) in [6.07, 6.45) is 4.54. The van der Waals surface area contributed by atoms with Gasteiger partial charge in [0.1, 0.15) is 16.5 Å². The lowest BCUT2D eigenvalue weighted by Gasteiger charge is -2.15. The highest BCUT2D eigenvalue weighted by Crippen LogP contribution is 2.37. The number of thiazole rings is 1. The van der Waals surface area contributed by atoms with Crippen LogP contribution in [0.2, 0.25) is 0 Å². The zero-order valence-corrected chi connectivity index (χ0v) is 27.7. The van der Waals surface area contributed by atoms with Gasteiger partial charge in [-0.25, -0.2) is 4.98 Å². The van der Waals surface area contributed by atoms with Crippen LogP contribution in [0.4, 0.5) is 0 Å². The summed E-state index contributed by atoms with van der Waals surface area (Å²) < 4.78 is 24.6. The molecule has 0 aliphatic carbocycles. The molecule has 0 spiro atoms. The number of methoxy groups -OCH3 is 2. The van der Waals surface area contributed by atoms with E-state index in [1.807, 2.05) is 48.5 Å². The smallest absolute Gasteiger partial charge is 0.161 e. The summed E-state index contributed by atoms with van der Waals surface area (Å²) in [6.45, 7) is 5.44. The molecule has 0 saturated carbocycles. The van der Waals surface area contributed by atoms with Crippen molar-refractivity contribution in [3.05, 3.63) is 101 Å². The van der Waals surface area contributed by atoms with Crippen molar-refractivity contribution in [1.82, 2.24) is 4.98 Å². The highest BCUT2D eigenvalue weighted by atomic mass is 32.1. The molecule has 4 aromatic carbocycles. The number of rotatable bonds is 14. The van der Waals surface area contributed by atoms with Crippen molar-refractivity contribution in [2.75, 3.05) is 27.4 Å². The Bertz CT molecular complexity index is 1800. The average Bonchev–Trinajstić information content (AvgIpc) is 3.76. The maximum Gasteiger partial charge on any atom is 0.161 e. The van der Waals surface area contributed by atoms with E-state index in [0.717, 1.165) is 81.4 Å². The molecule has 1 aromatic heterocycles. The largest absolute Gasteiger partial charge is 0.496 e. The van der Waals surface area contributed by atoms with Crippen LogP contribution in [0.15, 0.2) is 84.0 Å². The Morgan fingerprint density at radius 1 is 0.761 bits per heavy atom.